The van der Waals surface area contributed by atoms with Crippen LogP contribution in [0, 0.1) is 0 Å². The van der Waals surface area contributed by atoms with Crippen molar-refractivity contribution in [1.29, 1.82) is 0 Å². The first kappa shape index (κ1) is 20.1. The van der Waals surface area contributed by atoms with Crippen LogP contribution in [-0.4, -0.2) is 39.4 Å². The second-order valence-electron chi connectivity index (χ2n) is 8.58. The molecule has 7 heteroatoms. The lowest BCUT2D eigenvalue weighted by atomic mass is 9.77. The van der Waals surface area contributed by atoms with Gasteiger partial charge in [-0.15, -0.1) is 0 Å². The molecule has 0 saturated heterocycles. The number of ketones is 1. The van der Waals surface area contributed by atoms with Crippen LogP contribution < -0.4 is 14.2 Å². The lowest BCUT2D eigenvalue weighted by molar-refractivity contribution is 0.0546. The van der Waals surface area contributed by atoms with Crippen LogP contribution in [0.15, 0.2) is 24.3 Å². The molecule has 0 fully saturated rings. The predicted molar refractivity (Wildman–Crippen MR) is 111 cm³/mol. The van der Waals surface area contributed by atoms with E-state index in [4.69, 9.17) is 14.2 Å². The number of ether oxygens (including phenoxy) is 3. The Morgan fingerprint density at radius 3 is 2.55 bits per heavy atom. The Morgan fingerprint density at radius 1 is 1.06 bits per heavy atom. The van der Waals surface area contributed by atoms with E-state index < -0.39 is 24.2 Å². The number of hydrogen-bond donors (Lipinski definition) is 3. The SMILES string of the molecule is CC1(C)C=Cc2c(ccc3c2OC2COc4cc(CO)c(CO)c(CO)c4C2C3=O)O1. The normalized spacial score (nSPS) is 22.3. The second kappa shape index (κ2) is 7.09. The first-order chi connectivity index (χ1) is 14.9. The Kier molecular flexibility index (Phi) is 4.58. The van der Waals surface area contributed by atoms with Crippen LogP contribution in [0.5, 0.6) is 17.2 Å². The van der Waals surface area contributed by atoms with Crippen molar-refractivity contribution < 1.29 is 34.3 Å². The summed E-state index contributed by atoms with van der Waals surface area (Å²) in [4.78, 5) is 13.7. The highest BCUT2D eigenvalue weighted by molar-refractivity contribution is 6.06. The van der Waals surface area contributed by atoms with Crippen LogP contribution >= 0.6 is 0 Å². The molecule has 3 N–H and O–H groups in total. The highest BCUT2D eigenvalue weighted by atomic mass is 16.5. The van der Waals surface area contributed by atoms with Crippen molar-refractivity contribution in [3.05, 3.63) is 57.7 Å². The summed E-state index contributed by atoms with van der Waals surface area (Å²) in [7, 11) is 0. The summed E-state index contributed by atoms with van der Waals surface area (Å²) in [5.41, 5.74) is 2.52. The Balaban J connectivity index is 1.66. The number of benzene rings is 2. The van der Waals surface area contributed by atoms with Gasteiger partial charge in [-0.2, -0.15) is 0 Å². The quantitative estimate of drug-likeness (QED) is 0.695. The van der Waals surface area contributed by atoms with Crippen LogP contribution in [-0.2, 0) is 19.8 Å². The summed E-state index contributed by atoms with van der Waals surface area (Å²) in [6.45, 7) is 2.99. The first-order valence-corrected chi connectivity index (χ1v) is 10.3. The van der Waals surface area contributed by atoms with E-state index in [1.165, 1.54) is 0 Å². The third-order valence-corrected chi connectivity index (χ3v) is 6.22. The van der Waals surface area contributed by atoms with Gasteiger partial charge in [-0.1, -0.05) is 0 Å². The number of aliphatic hydroxyl groups excluding tert-OH is 3. The monoisotopic (exact) mass is 424 g/mol. The molecule has 0 amide bonds. The fourth-order valence-electron chi connectivity index (χ4n) is 4.73. The van der Waals surface area contributed by atoms with Gasteiger partial charge in [0.25, 0.3) is 0 Å². The molecule has 7 nitrogen and oxygen atoms in total. The van der Waals surface area contributed by atoms with E-state index in [-0.39, 0.29) is 25.6 Å². The van der Waals surface area contributed by atoms with Gasteiger partial charge in [-0.3, -0.25) is 4.79 Å². The van der Waals surface area contributed by atoms with Crippen molar-refractivity contribution in [2.24, 2.45) is 0 Å². The minimum absolute atomic E-state index is 0.132. The van der Waals surface area contributed by atoms with E-state index in [1.54, 1.807) is 18.2 Å². The van der Waals surface area contributed by atoms with Crippen molar-refractivity contribution in [2.75, 3.05) is 6.61 Å². The molecule has 162 valence electrons. The van der Waals surface area contributed by atoms with Crippen molar-refractivity contribution in [3.63, 3.8) is 0 Å². The summed E-state index contributed by atoms with van der Waals surface area (Å²) in [6, 6.07) is 5.12. The van der Waals surface area contributed by atoms with E-state index in [2.05, 4.69) is 0 Å². The van der Waals surface area contributed by atoms with Gasteiger partial charge in [0, 0.05) is 5.56 Å². The zero-order chi connectivity index (χ0) is 21.9. The molecule has 5 rings (SSSR count). The van der Waals surface area contributed by atoms with Crippen LogP contribution in [0.3, 0.4) is 0 Å². The number of fused-ring (bicyclic) bond motifs is 6. The fourth-order valence-corrected chi connectivity index (χ4v) is 4.73. The molecule has 2 aromatic carbocycles. The number of rotatable bonds is 3. The summed E-state index contributed by atoms with van der Waals surface area (Å²) in [5.74, 6) is 0.741. The minimum Gasteiger partial charge on any atom is -0.489 e. The Bertz CT molecular complexity index is 1120. The molecule has 0 radical (unpaired) electrons. The summed E-state index contributed by atoms with van der Waals surface area (Å²) in [6.07, 6.45) is 3.26. The van der Waals surface area contributed by atoms with Gasteiger partial charge >= 0.3 is 0 Å². The molecular weight excluding hydrogens is 400 g/mol. The van der Waals surface area contributed by atoms with Crippen LogP contribution in [0.1, 0.15) is 57.9 Å². The molecule has 0 bridgehead atoms. The summed E-state index contributed by atoms with van der Waals surface area (Å²) < 4.78 is 18.2. The Hall–Kier alpha value is -2.87. The maximum absolute atomic E-state index is 13.7. The van der Waals surface area contributed by atoms with Gasteiger partial charge in [0.05, 0.1) is 36.9 Å². The summed E-state index contributed by atoms with van der Waals surface area (Å²) >= 11 is 0. The molecule has 2 atom stereocenters. The number of carbonyl (C=O) groups is 1. The molecule has 0 aliphatic carbocycles. The third-order valence-electron chi connectivity index (χ3n) is 6.22. The average Bonchev–Trinajstić information content (AvgIpc) is 2.76. The van der Waals surface area contributed by atoms with Crippen LogP contribution in [0.25, 0.3) is 6.08 Å². The zero-order valence-electron chi connectivity index (χ0n) is 17.3. The second-order valence-corrected chi connectivity index (χ2v) is 8.58. The standard InChI is InChI=1S/C24H24O7/c1-24(2)6-5-13-17(31-24)4-3-14-22(28)21-19(30-23(13)14)11-29-18-7-12(8-25)15(9-26)16(10-27)20(18)21/h3-7,19,21,25-27H,8-11H2,1-2H3. The highest BCUT2D eigenvalue weighted by Gasteiger charge is 2.46. The van der Waals surface area contributed by atoms with Gasteiger partial charge in [-0.25, -0.2) is 0 Å². The molecule has 31 heavy (non-hydrogen) atoms. The highest BCUT2D eigenvalue weighted by Crippen LogP contribution is 2.49. The van der Waals surface area contributed by atoms with Gasteiger partial charge in [0.15, 0.2) is 5.78 Å². The fraction of sp³-hybridized carbons (Fsp3) is 0.375. The molecule has 2 aromatic rings. The molecule has 3 aliphatic rings. The lowest BCUT2D eigenvalue weighted by Gasteiger charge is -2.40. The van der Waals surface area contributed by atoms with Crippen molar-refractivity contribution in [3.8, 4) is 17.2 Å². The molecule has 0 saturated carbocycles. The first-order valence-electron chi connectivity index (χ1n) is 10.3. The average molecular weight is 424 g/mol. The van der Waals surface area contributed by atoms with Crippen molar-refractivity contribution in [1.82, 2.24) is 0 Å². The minimum atomic E-state index is -0.681. The molecule has 0 aromatic heterocycles. The Labute approximate surface area is 179 Å². The maximum Gasteiger partial charge on any atom is 0.178 e. The Morgan fingerprint density at radius 2 is 1.84 bits per heavy atom. The predicted octanol–water partition coefficient (Wildman–Crippen LogP) is 2.47. The maximum atomic E-state index is 13.7. The number of Topliss-reactive ketones (excluding diaryl/α,β-unsaturated/α-hetero) is 1. The van der Waals surface area contributed by atoms with Gasteiger partial charge in [0.1, 0.15) is 35.6 Å². The van der Waals surface area contributed by atoms with Crippen LogP contribution in [0.2, 0.25) is 0 Å². The van der Waals surface area contributed by atoms with Gasteiger partial charge in [-0.05, 0) is 60.9 Å². The van der Waals surface area contributed by atoms with E-state index in [1.807, 2.05) is 26.0 Å². The number of aliphatic hydroxyl groups is 3. The summed E-state index contributed by atoms with van der Waals surface area (Å²) in [5, 5.41) is 29.6. The van der Waals surface area contributed by atoms with Crippen molar-refractivity contribution >= 4 is 11.9 Å². The van der Waals surface area contributed by atoms with E-state index in [0.717, 1.165) is 5.56 Å². The topological polar surface area (TPSA) is 105 Å². The van der Waals surface area contributed by atoms with E-state index in [9.17, 15) is 20.1 Å². The molecule has 3 heterocycles. The van der Waals surface area contributed by atoms with E-state index >= 15 is 0 Å². The lowest BCUT2D eigenvalue weighted by Crippen LogP contribution is -2.44. The zero-order valence-corrected chi connectivity index (χ0v) is 17.3. The van der Waals surface area contributed by atoms with E-state index in [0.29, 0.717) is 45.1 Å². The number of hydrogen-bond acceptors (Lipinski definition) is 7. The number of carbonyl (C=O) groups excluding carboxylic acids is 1. The van der Waals surface area contributed by atoms with Gasteiger partial charge < -0.3 is 29.5 Å². The molecular formula is C24H24O7. The van der Waals surface area contributed by atoms with Crippen LogP contribution in [0.4, 0.5) is 0 Å². The molecule has 0 spiro atoms. The van der Waals surface area contributed by atoms with Gasteiger partial charge in [0.2, 0.25) is 0 Å². The molecule has 2 unspecified atom stereocenters. The van der Waals surface area contributed by atoms with Crippen molar-refractivity contribution in [2.45, 2.75) is 51.3 Å². The smallest absolute Gasteiger partial charge is 0.178 e. The third kappa shape index (κ3) is 2.96. The molecule has 3 aliphatic heterocycles. The largest absolute Gasteiger partial charge is 0.489 e.